The summed E-state index contributed by atoms with van der Waals surface area (Å²) in [4.78, 5) is 16.8. The molecule has 0 saturated carbocycles. The first-order valence-electron chi connectivity index (χ1n) is 9.64. The van der Waals surface area contributed by atoms with Crippen molar-refractivity contribution in [2.75, 3.05) is 45.9 Å². The molecule has 4 rings (SSSR count). The standard InChI is InChI=1S/C20H28N2O3.ClH/c23-20(15-25-18-7-6-16-3-1-4-17(16)13-18)22-10-8-21(9-11-22)14-19-5-2-12-24-19;/h6-7,13,19H,1-5,8-12,14-15H2;1H. The molecule has 1 atom stereocenters. The van der Waals surface area contributed by atoms with Gasteiger partial charge in [-0.1, -0.05) is 6.07 Å². The number of rotatable bonds is 5. The third-order valence-corrected chi connectivity index (χ3v) is 5.64. The summed E-state index contributed by atoms with van der Waals surface area (Å²) < 4.78 is 11.5. The number of fused-ring (bicyclic) bond motifs is 1. The molecule has 1 amide bonds. The number of piperazine rings is 1. The number of hydrogen-bond acceptors (Lipinski definition) is 4. The number of ether oxygens (including phenoxy) is 2. The second kappa shape index (κ2) is 9.07. The number of nitrogens with zero attached hydrogens (tertiary/aromatic N) is 2. The van der Waals surface area contributed by atoms with Crippen molar-refractivity contribution in [2.45, 2.75) is 38.2 Å². The van der Waals surface area contributed by atoms with Crippen molar-refractivity contribution in [3.8, 4) is 5.75 Å². The zero-order chi connectivity index (χ0) is 17.1. The molecular weight excluding hydrogens is 352 g/mol. The number of aryl methyl sites for hydroxylation is 2. The van der Waals surface area contributed by atoms with Gasteiger partial charge < -0.3 is 14.4 Å². The number of benzene rings is 1. The monoisotopic (exact) mass is 380 g/mol. The Kier molecular flexibility index (Phi) is 6.79. The molecule has 1 unspecified atom stereocenters. The largest absolute Gasteiger partial charge is 0.484 e. The van der Waals surface area contributed by atoms with Crippen molar-refractivity contribution < 1.29 is 14.3 Å². The van der Waals surface area contributed by atoms with Gasteiger partial charge in [0.05, 0.1) is 6.10 Å². The molecule has 0 aromatic heterocycles. The first-order chi connectivity index (χ1) is 12.3. The van der Waals surface area contributed by atoms with E-state index in [4.69, 9.17) is 9.47 Å². The van der Waals surface area contributed by atoms with Crippen LogP contribution in [0.25, 0.3) is 0 Å². The molecule has 0 N–H and O–H groups in total. The summed E-state index contributed by atoms with van der Waals surface area (Å²) >= 11 is 0. The Morgan fingerprint density at radius 3 is 2.69 bits per heavy atom. The first-order valence-corrected chi connectivity index (χ1v) is 9.64. The average molecular weight is 381 g/mol. The lowest BCUT2D eigenvalue weighted by atomic mass is 10.1. The fraction of sp³-hybridized carbons (Fsp3) is 0.650. The number of carbonyl (C=O) groups is 1. The zero-order valence-electron chi connectivity index (χ0n) is 15.3. The van der Waals surface area contributed by atoms with E-state index < -0.39 is 0 Å². The minimum Gasteiger partial charge on any atom is -0.484 e. The Balaban J connectivity index is 0.00000196. The van der Waals surface area contributed by atoms with E-state index in [0.717, 1.165) is 51.5 Å². The van der Waals surface area contributed by atoms with Gasteiger partial charge >= 0.3 is 0 Å². The molecule has 1 aliphatic carbocycles. The van der Waals surface area contributed by atoms with E-state index >= 15 is 0 Å². The molecule has 3 aliphatic rings. The number of hydrogen-bond donors (Lipinski definition) is 0. The Bertz CT molecular complexity index is 611. The molecule has 26 heavy (non-hydrogen) atoms. The molecule has 1 aromatic rings. The van der Waals surface area contributed by atoms with E-state index in [1.807, 2.05) is 11.0 Å². The second-order valence-corrected chi connectivity index (χ2v) is 7.39. The Hall–Kier alpha value is -1.30. The summed E-state index contributed by atoms with van der Waals surface area (Å²) in [5.74, 6) is 0.920. The fourth-order valence-corrected chi connectivity index (χ4v) is 4.13. The van der Waals surface area contributed by atoms with E-state index in [1.165, 1.54) is 36.8 Å². The van der Waals surface area contributed by atoms with Crippen molar-refractivity contribution in [3.63, 3.8) is 0 Å². The molecular formula is C20H29ClN2O3. The van der Waals surface area contributed by atoms with Crippen LogP contribution in [0.15, 0.2) is 18.2 Å². The SMILES string of the molecule is Cl.O=C(COc1ccc2c(c1)CCC2)N1CCN(CC2CCCO2)CC1. The topological polar surface area (TPSA) is 42.0 Å². The lowest BCUT2D eigenvalue weighted by Crippen LogP contribution is -2.51. The summed E-state index contributed by atoms with van der Waals surface area (Å²) in [6.45, 7) is 5.51. The molecule has 1 aromatic carbocycles. The highest BCUT2D eigenvalue weighted by Crippen LogP contribution is 2.26. The molecule has 2 heterocycles. The minimum atomic E-state index is 0. The second-order valence-electron chi connectivity index (χ2n) is 7.39. The summed E-state index contributed by atoms with van der Waals surface area (Å²) in [7, 11) is 0. The van der Waals surface area contributed by atoms with Crippen LogP contribution in [0.5, 0.6) is 5.75 Å². The normalized spacial score (nSPS) is 22.8. The lowest BCUT2D eigenvalue weighted by molar-refractivity contribution is -0.135. The summed E-state index contributed by atoms with van der Waals surface area (Å²) in [6.07, 6.45) is 6.29. The quantitative estimate of drug-likeness (QED) is 0.786. The maximum absolute atomic E-state index is 12.4. The molecule has 0 radical (unpaired) electrons. The molecule has 6 heteroatoms. The van der Waals surface area contributed by atoms with Crippen LogP contribution in [0, 0.1) is 0 Å². The van der Waals surface area contributed by atoms with Crippen molar-refractivity contribution in [3.05, 3.63) is 29.3 Å². The van der Waals surface area contributed by atoms with Crippen LogP contribution in [-0.4, -0.2) is 67.7 Å². The Labute approximate surface area is 162 Å². The van der Waals surface area contributed by atoms with E-state index in [1.54, 1.807) is 0 Å². The van der Waals surface area contributed by atoms with Crippen molar-refractivity contribution in [1.82, 2.24) is 9.80 Å². The van der Waals surface area contributed by atoms with Crippen LogP contribution in [0.1, 0.15) is 30.4 Å². The van der Waals surface area contributed by atoms with Gasteiger partial charge in [-0.3, -0.25) is 9.69 Å². The average Bonchev–Trinajstić information content (AvgIpc) is 3.31. The van der Waals surface area contributed by atoms with Gasteiger partial charge in [-0.05, 0) is 55.4 Å². The summed E-state index contributed by atoms with van der Waals surface area (Å²) in [5, 5.41) is 0. The third-order valence-electron chi connectivity index (χ3n) is 5.64. The highest BCUT2D eigenvalue weighted by Gasteiger charge is 2.25. The summed E-state index contributed by atoms with van der Waals surface area (Å²) in [6, 6.07) is 6.25. The first kappa shape index (κ1) is 19.5. The van der Waals surface area contributed by atoms with Gasteiger partial charge in [0.25, 0.3) is 5.91 Å². The predicted molar refractivity (Wildman–Crippen MR) is 103 cm³/mol. The van der Waals surface area contributed by atoms with E-state index in [2.05, 4.69) is 17.0 Å². The van der Waals surface area contributed by atoms with Crippen LogP contribution in [0.2, 0.25) is 0 Å². The highest BCUT2D eigenvalue weighted by atomic mass is 35.5. The molecule has 2 saturated heterocycles. The van der Waals surface area contributed by atoms with Crippen LogP contribution >= 0.6 is 12.4 Å². The molecule has 144 valence electrons. The molecule has 2 aliphatic heterocycles. The maximum Gasteiger partial charge on any atom is 0.260 e. The van der Waals surface area contributed by atoms with Gasteiger partial charge in [-0.25, -0.2) is 0 Å². The molecule has 5 nitrogen and oxygen atoms in total. The number of halogens is 1. The van der Waals surface area contributed by atoms with Crippen molar-refractivity contribution >= 4 is 18.3 Å². The van der Waals surface area contributed by atoms with Crippen LogP contribution < -0.4 is 4.74 Å². The van der Waals surface area contributed by atoms with Crippen LogP contribution in [-0.2, 0) is 22.4 Å². The lowest BCUT2D eigenvalue weighted by Gasteiger charge is -2.35. The van der Waals surface area contributed by atoms with Crippen molar-refractivity contribution in [1.29, 1.82) is 0 Å². The van der Waals surface area contributed by atoms with E-state index in [0.29, 0.717) is 6.10 Å². The predicted octanol–water partition coefficient (Wildman–Crippen LogP) is 2.30. The van der Waals surface area contributed by atoms with Gasteiger partial charge in [0.1, 0.15) is 5.75 Å². The van der Waals surface area contributed by atoms with E-state index in [-0.39, 0.29) is 24.9 Å². The van der Waals surface area contributed by atoms with E-state index in [9.17, 15) is 4.79 Å². The number of carbonyl (C=O) groups excluding carboxylic acids is 1. The fourth-order valence-electron chi connectivity index (χ4n) is 4.13. The van der Waals surface area contributed by atoms with Gasteiger partial charge in [-0.15, -0.1) is 12.4 Å². The zero-order valence-corrected chi connectivity index (χ0v) is 16.1. The van der Waals surface area contributed by atoms with Gasteiger partial charge in [-0.2, -0.15) is 0 Å². The van der Waals surface area contributed by atoms with Crippen LogP contribution in [0.3, 0.4) is 0 Å². The number of amides is 1. The maximum atomic E-state index is 12.4. The Morgan fingerprint density at radius 1 is 1.12 bits per heavy atom. The molecule has 0 bridgehead atoms. The molecule has 2 fully saturated rings. The molecule has 0 spiro atoms. The van der Waals surface area contributed by atoms with Crippen molar-refractivity contribution in [2.24, 2.45) is 0 Å². The van der Waals surface area contributed by atoms with Gasteiger partial charge in [0.15, 0.2) is 6.61 Å². The Morgan fingerprint density at radius 2 is 1.92 bits per heavy atom. The summed E-state index contributed by atoms with van der Waals surface area (Å²) in [5.41, 5.74) is 2.81. The third kappa shape index (κ3) is 4.70. The minimum absolute atomic E-state index is 0. The van der Waals surface area contributed by atoms with Crippen LogP contribution in [0.4, 0.5) is 0 Å². The smallest absolute Gasteiger partial charge is 0.260 e. The van der Waals surface area contributed by atoms with Gasteiger partial charge in [0, 0.05) is 39.3 Å². The van der Waals surface area contributed by atoms with Gasteiger partial charge in [0.2, 0.25) is 0 Å². The highest BCUT2D eigenvalue weighted by molar-refractivity contribution is 5.85.